The summed E-state index contributed by atoms with van der Waals surface area (Å²) in [6.45, 7) is 6.29. The highest BCUT2D eigenvalue weighted by Crippen LogP contribution is 2.26. The number of methoxy groups -OCH3 is 1. The quantitative estimate of drug-likeness (QED) is 0.327. The van der Waals surface area contributed by atoms with Crippen LogP contribution in [-0.4, -0.2) is 77.1 Å². The second-order valence-corrected chi connectivity index (χ2v) is 7.98. The van der Waals surface area contributed by atoms with Crippen molar-refractivity contribution in [3.63, 3.8) is 0 Å². The van der Waals surface area contributed by atoms with Crippen molar-refractivity contribution in [2.75, 3.05) is 60.2 Å². The number of nitrogens with one attached hydrogen (secondary N) is 2. The van der Waals surface area contributed by atoms with E-state index in [4.69, 9.17) is 14.2 Å². The lowest BCUT2D eigenvalue weighted by Crippen LogP contribution is -2.43. The molecule has 0 saturated carbocycles. The molecule has 30 heavy (non-hydrogen) atoms. The number of guanidine groups is 1. The first-order valence-corrected chi connectivity index (χ1v) is 11.3. The summed E-state index contributed by atoms with van der Waals surface area (Å²) in [5, 5.41) is 6.92. The number of likely N-dealkylation sites (tertiary alicyclic amines) is 1. The average molecular weight is 419 g/mol. The minimum Gasteiger partial charge on any atom is -0.497 e. The van der Waals surface area contributed by atoms with Gasteiger partial charge in [-0.2, -0.15) is 0 Å². The van der Waals surface area contributed by atoms with Crippen LogP contribution in [0, 0.1) is 0 Å². The molecule has 1 aromatic rings. The van der Waals surface area contributed by atoms with E-state index in [0.717, 1.165) is 70.4 Å². The topological polar surface area (TPSA) is 67.4 Å². The number of rotatable bonds is 11. The first-order valence-electron chi connectivity index (χ1n) is 11.3. The molecule has 0 spiro atoms. The normalized spacial score (nSPS) is 21.0. The zero-order chi connectivity index (χ0) is 21.0. The number of benzene rings is 1. The molecular formula is C23H38N4O3. The van der Waals surface area contributed by atoms with Gasteiger partial charge in [-0.3, -0.25) is 9.89 Å². The first kappa shape index (κ1) is 22.8. The largest absolute Gasteiger partial charge is 0.497 e. The lowest BCUT2D eigenvalue weighted by molar-refractivity contribution is 0.0168. The highest BCUT2D eigenvalue weighted by molar-refractivity contribution is 5.79. The standard InChI is InChI=1S/C23H38N4O3/c1-24-23(25-12-6-15-29-18-21-7-5-16-30-21)26-17-22(27-13-3-4-14-27)19-8-10-20(28-2)11-9-19/h8-11,21-22H,3-7,12-18H2,1-2H3,(H2,24,25,26). The molecule has 2 heterocycles. The monoisotopic (exact) mass is 418 g/mol. The molecule has 0 aromatic heterocycles. The Morgan fingerprint density at radius 1 is 1.20 bits per heavy atom. The Labute approximate surface area is 181 Å². The summed E-state index contributed by atoms with van der Waals surface area (Å²) in [5.74, 6) is 1.73. The minimum atomic E-state index is 0.299. The van der Waals surface area contributed by atoms with Gasteiger partial charge in [0.15, 0.2) is 5.96 Å². The molecule has 7 heteroatoms. The molecule has 3 rings (SSSR count). The van der Waals surface area contributed by atoms with Crippen LogP contribution in [0.3, 0.4) is 0 Å². The van der Waals surface area contributed by atoms with Crippen molar-refractivity contribution in [2.24, 2.45) is 4.99 Å². The number of nitrogens with zero attached hydrogens (tertiary/aromatic N) is 2. The molecule has 2 N–H and O–H groups in total. The summed E-state index contributed by atoms with van der Waals surface area (Å²) in [6, 6.07) is 8.76. The van der Waals surface area contributed by atoms with Crippen molar-refractivity contribution in [1.82, 2.24) is 15.5 Å². The van der Waals surface area contributed by atoms with Gasteiger partial charge in [0.05, 0.1) is 25.9 Å². The zero-order valence-corrected chi connectivity index (χ0v) is 18.6. The van der Waals surface area contributed by atoms with E-state index in [1.807, 2.05) is 19.2 Å². The molecule has 168 valence electrons. The summed E-state index contributed by atoms with van der Waals surface area (Å²) < 4.78 is 16.6. The molecule has 2 atom stereocenters. The third-order valence-electron chi connectivity index (χ3n) is 5.85. The van der Waals surface area contributed by atoms with Gasteiger partial charge >= 0.3 is 0 Å². The van der Waals surface area contributed by atoms with E-state index in [1.165, 1.54) is 18.4 Å². The van der Waals surface area contributed by atoms with E-state index in [1.54, 1.807) is 7.11 Å². The maximum absolute atomic E-state index is 5.73. The van der Waals surface area contributed by atoms with Crippen LogP contribution in [0.1, 0.15) is 43.7 Å². The molecule has 0 amide bonds. The molecule has 2 saturated heterocycles. The van der Waals surface area contributed by atoms with Gasteiger partial charge in [0.2, 0.25) is 0 Å². The van der Waals surface area contributed by atoms with Crippen LogP contribution in [-0.2, 0) is 9.47 Å². The minimum absolute atomic E-state index is 0.299. The fourth-order valence-corrected chi connectivity index (χ4v) is 4.12. The third kappa shape index (κ3) is 7.15. The van der Waals surface area contributed by atoms with Gasteiger partial charge in [0.1, 0.15) is 5.75 Å². The number of hydrogen-bond acceptors (Lipinski definition) is 5. The molecular weight excluding hydrogens is 380 g/mol. The Hall–Kier alpha value is -1.83. The van der Waals surface area contributed by atoms with Crippen molar-refractivity contribution in [1.29, 1.82) is 0 Å². The van der Waals surface area contributed by atoms with Crippen molar-refractivity contribution in [3.05, 3.63) is 29.8 Å². The predicted octanol–water partition coefficient (Wildman–Crippen LogP) is 2.58. The Balaban J connectivity index is 1.41. The van der Waals surface area contributed by atoms with Crippen molar-refractivity contribution in [2.45, 2.75) is 44.2 Å². The highest BCUT2D eigenvalue weighted by atomic mass is 16.5. The fraction of sp³-hybridized carbons (Fsp3) is 0.696. The molecule has 2 aliphatic heterocycles. The van der Waals surface area contributed by atoms with E-state index in [9.17, 15) is 0 Å². The number of hydrogen-bond donors (Lipinski definition) is 2. The zero-order valence-electron chi connectivity index (χ0n) is 18.6. The van der Waals surface area contributed by atoms with E-state index in [-0.39, 0.29) is 0 Å². The summed E-state index contributed by atoms with van der Waals surface area (Å²) in [4.78, 5) is 6.94. The van der Waals surface area contributed by atoms with Gasteiger partial charge in [-0.1, -0.05) is 12.1 Å². The second kappa shape index (κ2) is 12.8. The third-order valence-corrected chi connectivity index (χ3v) is 5.85. The summed E-state index contributed by atoms with van der Waals surface area (Å²) in [7, 11) is 3.53. The van der Waals surface area contributed by atoms with Gasteiger partial charge in [-0.15, -0.1) is 0 Å². The van der Waals surface area contributed by atoms with E-state index in [2.05, 4.69) is 32.7 Å². The second-order valence-electron chi connectivity index (χ2n) is 7.98. The first-order chi connectivity index (χ1) is 14.8. The predicted molar refractivity (Wildman–Crippen MR) is 120 cm³/mol. The maximum atomic E-state index is 5.73. The molecule has 0 radical (unpaired) electrons. The molecule has 2 unspecified atom stereocenters. The average Bonchev–Trinajstić information content (AvgIpc) is 3.50. The summed E-state index contributed by atoms with van der Waals surface area (Å²) in [6.07, 6.45) is 6.07. The Morgan fingerprint density at radius 3 is 2.67 bits per heavy atom. The maximum Gasteiger partial charge on any atom is 0.191 e. The summed E-state index contributed by atoms with van der Waals surface area (Å²) in [5.41, 5.74) is 1.31. The van der Waals surface area contributed by atoms with E-state index < -0.39 is 0 Å². The van der Waals surface area contributed by atoms with Gasteiger partial charge in [0.25, 0.3) is 0 Å². The van der Waals surface area contributed by atoms with Crippen molar-refractivity contribution >= 4 is 5.96 Å². The van der Waals surface area contributed by atoms with Gasteiger partial charge in [0, 0.05) is 33.4 Å². The molecule has 2 fully saturated rings. The van der Waals surface area contributed by atoms with Gasteiger partial charge in [-0.05, 0) is 62.9 Å². The molecule has 0 bridgehead atoms. The number of ether oxygens (including phenoxy) is 3. The number of aliphatic imine (C=N–C) groups is 1. The Kier molecular flexibility index (Phi) is 9.73. The van der Waals surface area contributed by atoms with Gasteiger partial charge < -0.3 is 24.8 Å². The summed E-state index contributed by atoms with van der Waals surface area (Å²) >= 11 is 0. The van der Waals surface area contributed by atoms with Crippen LogP contribution >= 0.6 is 0 Å². The SMILES string of the molecule is CN=C(NCCCOCC1CCCO1)NCC(c1ccc(OC)cc1)N1CCCC1. The van der Waals surface area contributed by atoms with Crippen molar-refractivity contribution < 1.29 is 14.2 Å². The smallest absolute Gasteiger partial charge is 0.191 e. The Morgan fingerprint density at radius 2 is 2.00 bits per heavy atom. The van der Waals surface area contributed by atoms with Crippen LogP contribution in [0.15, 0.2) is 29.3 Å². The van der Waals surface area contributed by atoms with E-state index in [0.29, 0.717) is 18.8 Å². The van der Waals surface area contributed by atoms with Crippen molar-refractivity contribution in [3.8, 4) is 5.75 Å². The van der Waals surface area contributed by atoms with Crippen LogP contribution in [0.2, 0.25) is 0 Å². The lowest BCUT2D eigenvalue weighted by atomic mass is 10.1. The van der Waals surface area contributed by atoms with E-state index >= 15 is 0 Å². The molecule has 0 aliphatic carbocycles. The fourth-order valence-electron chi connectivity index (χ4n) is 4.12. The Bertz CT molecular complexity index is 626. The highest BCUT2D eigenvalue weighted by Gasteiger charge is 2.23. The van der Waals surface area contributed by atoms with Crippen LogP contribution < -0.4 is 15.4 Å². The molecule has 1 aromatic carbocycles. The van der Waals surface area contributed by atoms with Gasteiger partial charge in [-0.25, -0.2) is 0 Å². The van der Waals surface area contributed by atoms with Crippen LogP contribution in [0.4, 0.5) is 0 Å². The van der Waals surface area contributed by atoms with Crippen LogP contribution in [0.5, 0.6) is 5.75 Å². The van der Waals surface area contributed by atoms with Crippen LogP contribution in [0.25, 0.3) is 0 Å². The molecule has 7 nitrogen and oxygen atoms in total. The lowest BCUT2D eigenvalue weighted by Gasteiger charge is -2.29. The molecule has 2 aliphatic rings.